The van der Waals surface area contributed by atoms with Gasteiger partial charge in [-0.2, -0.15) is 8.42 Å². The number of hydrogen-bond acceptors (Lipinski definition) is 6. The van der Waals surface area contributed by atoms with E-state index in [-0.39, 0.29) is 19.6 Å². The van der Waals surface area contributed by atoms with Crippen molar-refractivity contribution in [1.82, 2.24) is 14.5 Å². The molecule has 168 valence electrons. The van der Waals surface area contributed by atoms with E-state index < -0.39 is 46.3 Å². The summed E-state index contributed by atoms with van der Waals surface area (Å²) in [5.74, 6) is -1.44. The zero-order valence-electron chi connectivity index (χ0n) is 16.8. The maximum Gasteiger partial charge on any atom is 0.408 e. The van der Waals surface area contributed by atoms with Crippen LogP contribution in [0.3, 0.4) is 0 Å². The lowest BCUT2D eigenvalue weighted by atomic mass is 9.99. The average Bonchev–Trinajstić information content (AvgIpc) is 3.14. The van der Waals surface area contributed by atoms with Crippen LogP contribution in [0.2, 0.25) is 0 Å². The minimum absolute atomic E-state index is 0.0125. The lowest BCUT2D eigenvalue weighted by Gasteiger charge is -2.43. The third kappa shape index (κ3) is 4.16. The lowest BCUT2D eigenvalue weighted by molar-refractivity contribution is -0.152. The highest BCUT2D eigenvalue weighted by molar-refractivity contribution is 7.84. The number of amides is 3. The van der Waals surface area contributed by atoms with Gasteiger partial charge in [-0.05, 0) is 17.5 Å². The molecule has 3 amide bonds. The summed E-state index contributed by atoms with van der Waals surface area (Å²) in [6, 6.07) is 14.5. The van der Waals surface area contributed by atoms with Crippen molar-refractivity contribution in [3.05, 3.63) is 71.8 Å². The molecule has 11 heteroatoms. The van der Waals surface area contributed by atoms with E-state index in [0.29, 0.717) is 9.87 Å². The van der Waals surface area contributed by atoms with Gasteiger partial charge in [0.05, 0.1) is 6.04 Å². The summed E-state index contributed by atoms with van der Waals surface area (Å²) >= 11 is 0. The summed E-state index contributed by atoms with van der Waals surface area (Å²) in [4.78, 5) is 39.3. The fourth-order valence-electron chi connectivity index (χ4n) is 4.04. The highest BCUT2D eigenvalue weighted by Crippen LogP contribution is 2.37. The molecule has 0 unspecified atom stereocenters. The number of carbonyl (C=O) groups is 3. The van der Waals surface area contributed by atoms with Crippen LogP contribution in [-0.4, -0.2) is 58.7 Å². The summed E-state index contributed by atoms with van der Waals surface area (Å²) in [7, 11) is -4.69. The number of β-lactam (4-membered cyclic amide) rings is 1. The van der Waals surface area contributed by atoms with E-state index in [1.54, 1.807) is 42.5 Å². The Bertz CT molecular complexity index is 1120. The molecule has 2 aromatic rings. The largest absolute Gasteiger partial charge is 0.445 e. The molecule has 2 saturated heterocycles. The van der Waals surface area contributed by atoms with Gasteiger partial charge in [0, 0.05) is 6.54 Å². The lowest BCUT2D eigenvalue weighted by Crippen LogP contribution is -2.68. The predicted octanol–water partition coefficient (Wildman–Crippen LogP) is 1.27. The van der Waals surface area contributed by atoms with E-state index in [0.717, 1.165) is 5.56 Å². The van der Waals surface area contributed by atoms with Crippen LogP contribution in [-0.2, 0) is 31.2 Å². The number of hydrogen-bond donors (Lipinski definition) is 2. The first kappa shape index (κ1) is 21.8. The van der Waals surface area contributed by atoms with E-state index >= 15 is 0 Å². The van der Waals surface area contributed by atoms with E-state index in [1.807, 2.05) is 18.2 Å². The molecular formula is C21H21N3O7S. The molecule has 0 spiro atoms. The maximum absolute atomic E-state index is 13.3. The van der Waals surface area contributed by atoms with Gasteiger partial charge in [0.1, 0.15) is 18.7 Å². The van der Waals surface area contributed by atoms with Crippen molar-refractivity contribution in [2.75, 3.05) is 6.54 Å². The van der Waals surface area contributed by atoms with Gasteiger partial charge >= 0.3 is 16.4 Å². The SMILES string of the molecule is O=C(N[C@H](C(=O)N1CC[C@@H]2[C@H]1C(=O)N2S(=O)(=O)O)c1ccccc1)OCc1ccccc1. The molecule has 3 atom stereocenters. The molecule has 0 aromatic heterocycles. The number of alkyl carbamates (subject to hydrolysis) is 1. The molecule has 0 bridgehead atoms. The Hall–Kier alpha value is -3.44. The zero-order valence-corrected chi connectivity index (χ0v) is 17.6. The maximum atomic E-state index is 13.3. The standard InChI is InChI=1S/C21H21N3O7S/c25-19(23-12-11-16-18(23)20(26)24(16)32(28,29)30)17(15-9-5-2-6-10-15)22-21(27)31-13-14-7-3-1-4-8-14/h1-10,16-18H,11-13H2,(H,22,27)(H,28,29,30)/t16-,17+,18+/m1/s1. The van der Waals surface area contributed by atoms with Gasteiger partial charge in [-0.25, -0.2) is 9.10 Å². The molecule has 2 N–H and O–H groups in total. The molecule has 32 heavy (non-hydrogen) atoms. The van der Waals surface area contributed by atoms with Crippen molar-refractivity contribution in [3.8, 4) is 0 Å². The number of fused-ring (bicyclic) bond motifs is 1. The van der Waals surface area contributed by atoms with Gasteiger partial charge in [-0.1, -0.05) is 60.7 Å². The molecule has 2 aliphatic heterocycles. The topological polar surface area (TPSA) is 133 Å². The number of nitrogens with one attached hydrogen (secondary N) is 1. The minimum atomic E-state index is -4.69. The Morgan fingerprint density at radius 1 is 1.09 bits per heavy atom. The van der Waals surface area contributed by atoms with E-state index in [1.165, 1.54) is 4.90 Å². The number of nitrogens with zero attached hydrogens (tertiary/aromatic N) is 2. The average molecular weight is 459 g/mol. The summed E-state index contributed by atoms with van der Waals surface area (Å²) < 4.78 is 37.7. The van der Waals surface area contributed by atoms with E-state index in [2.05, 4.69) is 5.32 Å². The second-order valence-electron chi connectivity index (χ2n) is 7.49. The summed E-state index contributed by atoms with van der Waals surface area (Å²) in [5, 5.41) is 2.55. The van der Waals surface area contributed by atoms with Gasteiger partial charge in [-0.3, -0.25) is 14.1 Å². The first-order valence-electron chi connectivity index (χ1n) is 9.90. The van der Waals surface area contributed by atoms with Crippen LogP contribution >= 0.6 is 0 Å². The van der Waals surface area contributed by atoms with Crippen molar-refractivity contribution in [2.24, 2.45) is 0 Å². The number of benzene rings is 2. The molecule has 2 heterocycles. The second kappa shape index (κ2) is 8.60. The van der Waals surface area contributed by atoms with Gasteiger partial charge in [0.2, 0.25) is 0 Å². The van der Waals surface area contributed by atoms with Crippen LogP contribution in [0.4, 0.5) is 4.79 Å². The highest BCUT2D eigenvalue weighted by atomic mass is 32.2. The van der Waals surface area contributed by atoms with Crippen molar-refractivity contribution < 1.29 is 32.1 Å². The fraction of sp³-hybridized carbons (Fsp3) is 0.286. The Morgan fingerprint density at radius 3 is 2.34 bits per heavy atom. The van der Waals surface area contributed by atoms with Gasteiger partial charge < -0.3 is 15.0 Å². The Labute approximate surface area is 184 Å². The smallest absolute Gasteiger partial charge is 0.408 e. The Morgan fingerprint density at radius 2 is 1.72 bits per heavy atom. The normalized spacial score (nSPS) is 20.8. The Kier molecular flexibility index (Phi) is 5.85. The van der Waals surface area contributed by atoms with Gasteiger partial charge in [0.15, 0.2) is 0 Å². The third-order valence-electron chi connectivity index (χ3n) is 5.52. The summed E-state index contributed by atoms with van der Waals surface area (Å²) in [5.41, 5.74) is 1.26. The molecular weight excluding hydrogens is 438 g/mol. The fourth-order valence-corrected chi connectivity index (χ4v) is 4.94. The molecule has 0 saturated carbocycles. The number of rotatable bonds is 6. The van der Waals surface area contributed by atoms with Crippen LogP contribution in [0.1, 0.15) is 23.6 Å². The molecule has 2 fully saturated rings. The predicted molar refractivity (Wildman–Crippen MR) is 111 cm³/mol. The quantitative estimate of drug-likeness (QED) is 0.491. The van der Waals surface area contributed by atoms with Crippen LogP contribution < -0.4 is 5.32 Å². The monoisotopic (exact) mass is 459 g/mol. The van der Waals surface area contributed by atoms with Crippen LogP contribution in [0.25, 0.3) is 0 Å². The number of likely N-dealkylation sites (tertiary alicyclic amines) is 1. The van der Waals surface area contributed by atoms with Gasteiger partial charge in [-0.15, -0.1) is 0 Å². The molecule has 2 aliphatic rings. The van der Waals surface area contributed by atoms with Gasteiger partial charge in [0.25, 0.3) is 11.8 Å². The Balaban J connectivity index is 1.49. The van der Waals surface area contributed by atoms with E-state index in [4.69, 9.17) is 4.74 Å². The van der Waals surface area contributed by atoms with Crippen LogP contribution in [0.5, 0.6) is 0 Å². The molecule has 0 aliphatic carbocycles. The summed E-state index contributed by atoms with van der Waals surface area (Å²) in [6.45, 7) is 0.120. The van der Waals surface area contributed by atoms with E-state index in [9.17, 15) is 27.4 Å². The first-order chi connectivity index (χ1) is 15.3. The van der Waals surface area contributed by atoms with Crippen LogP contribution in [0.15, 0.2) is 60.7 Å². The third-order valence-corrected chi connectivity index (χ3v) is 6.47. The summed E-state index contributed by atoms with van der Waals surface area (Å²) in [6.07, 6.45) is -0.617. The van der Waals surface area contributed by atoms with Crippen molar-refractivity contribution in [1.29, 1.82) is 0 Å². The van der Waals surface area contributed by atoms with Crippen molar-refractivity contribution in [3.63, 3.8) is 0 Å². The minimum Gasteiger partial charge on any atom is -0.445 e. The zero-order chi connectivity index (χ0) is 22.9. The molecule has 0 radical (unpaired) electrons. The van der Waals surface area contributed by atoms with Crippen LogP contribution in [0, 0.1) is 0 Å². The number of ether oxygens (including phenoxy) is 1. The molecule has 4 rings (SSSR count). The van der Waals surface area contributed by atoms with Crippen molar-refractivity contribution in [2.45, 2.75) is 31.2 Å². The number of carbonyl (C=O) groups excluding carboxylic acids is 3. The molecule has 2 aromatic carbocycles. The second-order valence-corrected chi connectivity index (χ2v) is 8.78. The molecule has 10 nitrogen and oxygen atoms in total. The van der Waals surface area contributed by atoms with Crippen molar-refractivity contribution >= 4 is 28.2 Å². The highest BCUT2D eigenvalue weighted by Gasteiger charge is 2.60. The first-order valence-corrected chi connectivity index (χ1v) is 11.3.